The van der Waals surface area contributed by atoms with E-state index in [9.17, 15) is 26.8 Å². The fourth-order valence-corrected chi connectivity index (χ4v) is 6.84. The van der Waals surface area contributed by atoms with Gasteiger partial charge in [0.05, 0.1) is 30.1 Å². The molecule has 0 bridgehead atoms. The molecule has 1 aliphatic heterocycles. The Hall–Kier alpha value is -4.16. The van der Waals surface area contributed by atoms with Crippen molar-refractivity contribution in [3.63, 3.8) is 0 Å². The van der Waals surface area contributed by atoms with Crippen LogP contribution in [0, 0.1) is 29.8 Å². The third-order valence-corrected chi connectivity index (χ3v) is 9.47. The van der Waals surface area contributed by atoms with Gasteiger partial charge in [0, 0.05) is 36.0 Å². The van der Waals surface area contributed by atoms with Crippen molar-refractivity contribution in [2.24, 2.45) is 0 Å². The van der Waals surface area contributed by atoms with Crippen molar-refractivity contribution in [1.82, 2.24) is 20.3 Å². The number of nitrogens with zero attached hydrogens (tertiary/aromatic N) is 1. The van der Waals surface area contributed by atoms with Crippen LogP contribution in [0.4, 0.5) is 23.7 Å². The number of benzene rings is 2. The molecule has 1 saturated heterocycles. The molecule has 15 heteroatoms. The highest BCUT2D eigenvalue weighted by atomic mass is 35.5. The number of nitrogens with one attached hydrogen (secondary N) is 4. The average Bonchev–Trinajstić information content (AvgIpc) is 3.10. The van der Waals surface area contributed by atoms with E-state index in [1.54, 1.807) is 0 Å². The predicted molar refractivity (Wildman–Crippen MR) is 171 cm³/mol. The minimum Gasteiger partial charge on any atom is -0.453 e. The van der Waals surface area contributed by atoms with Crippen LogP contribution >= 0.6 is 11.6 Å². The number of ether oxygens (including phenoxy) is 1. The number of hydrogen-bond donors (Lipinski definition) is 4. The topological polar surface area (TPSA) is 139 Å². The molecule has 4 N–H and O–H groups in total. The number of methoxy groups -OCH3 is 1. The Labute approximate surface area is 275 Å². The maximum atomic E-state index is 15.3. The number of anilines is 1. The molecule has 250 valence electrons. The van der Waals surface area contributed by atoms with Gasteiger partial charge in [-0.15, -0.1) is 6.42 Å². The van der Waals surface area contributed by atoms with Crippen LogP contribution in [0.2, 0.25) is 5.02 Å². The standard InChI is InChI=1S/C32H33ClF3N5O5S/c1-3-22-6-5-13-47(44,45)41-23(18-38-22)10-11-24-26(35)7-4-8-28(24)39-31(42)30(40-32(43)46-2)29(20-14-21(34)17-37-16-20)19-9-12-25(33)27(36)15-19/h1,4,7-9,12,14-17,22-23,29-30,38,41H,5-6,10-11,13,18H2,2H3,(H,39,42)(H,40,43)/t22?,23?,29-,30-/m0/s1. The summed E-state index contributed by atoms with van der Waals surface area (Å²) < 4.78 is 76.8. The van der Waals surface area contributed by atoms with Crippen LogP contribution in [-0.2, 0) is 26.0 Å². The molecule has 4 atom stereocenters. The lowest BCUT2D eigenvalue weighted by atomic mass is 9.85. The Morgan fingerprint density at radius 2 is 1.94 bits per heavy atom. The van der Waals surface area contributed by atoms with Gasteiger partial charge in [0.2, 0.25) is 15.9 Å². The molecule has 1 fully saturated rings. The summed E-state index contributed by atoms with van der Waals surface area (Å²) in [5, 5.41) is 7.99. The molecule has 4 rings (SSSR count). The molecule has 2 aromatic carbocycles. The van der Waals surface area contributed by atoms with Crippen LogP contribution in [0.1, 0.15) is 41.9 Å². The molecule has 1 aromatic heterocycles. The van der Waals surface area contributed by atoms with E-state index in [0.29, 0.717) is 12.8 Å². The summed E-state index contributed by atoms with van der Waals surface area (Å²) in [6, 6.07) is 6.23. The van der Waals surface area contributed by atoms with Crippen molar-refractivity contribution in [1.29, 1.82) is 0 Å². The maximum absolute atomic E-state index is 15.3. The van der Waals surface area contributed by atoms with Crippen molar-refractivity contribution in [3.05, 3.63) is 94.0 Å². The van der Waals surface area contributed by atoms with Crippen LogP contribution in [-0.4, -0.2) is 62.9 Å². The molecule has 10 nitrogen and oxygen atoms in total. The van der Waals surface area contributed by atoms with Gasteiger partial charge in [0.15, 0.2) is 0 Å². The van der Waals surface area contributed by atoms with Crippen molar-refractivity contribution in [2.75, 3.05) is 24.7 Å². The van der Waals surface area contributed by atoms with E-state index in [0.717, 1.165) is 25.4 Å². The van der Waals surface area contributed by atoms with Gasteiger partial charge in [-0.2, -0.15) is 0 Å². The average molecular weight is 692 g/mol. The molecule has 0 saturated carbocycles. The second-order valence-corrected chi connectivity index (χ2v) is 13.2. The first kappa shape index (κ1) is 35.7. The van der Waals surface area contributed by atoms with Crippen molar-refractivity contribution < 1.29 is 35.9 Å². The van der Waals surface area contributed by atoms with E-state index >= 15 is 4.39 Å². The van der Waals surface area contributed by atoms with Gasteiger partial charge in [0.1, 0.15) is 23.5 Å². The largest absolute Gasteiger partial charge is 0.453 e. The van der Waals surface area contributed by atoms with E-state index in [1.165, 1.54) is 36.5 Å². The monoisotopic (exact) mass is 691 g/mol. The lowest BCUT2D eigenvalue weighted by Crippen LogP contribution is -2.48. The number of aromatic nitrogens is 1. The summed E-state index contributed by atoms with van der Waals surface area (Å²) in [5.74, 6) is -1.87. The highest BCUT2D eigenvalue weighted by Gasteiger charge is 2.34. The third kappa shape index (κ3) is 9.68. The molecule has 2 unspecified atom stereocenters. The van der Waals surface area contributed by atoms with Gasteiger partial charge in [-0.25, -0.2) is 31.1 Å². The van der Waals surface area contributed by atoms with Gasteiger partial charge in [-0.1, -0.05) is 29.7 Å². The van der Waals surface area contributed by atoms with Gasteiger partial charge < -0.3 is 20.7 Å². The van der Waals surface area contributed by atoms with Crippen molar-refractivity contribution in [2.45, 2.75) is 49.7 Å². The van der Waals surface area contributed by atoms with E-state index in [4.69, 9.17) is 22.8 Å². The SMILES string of the molecule is C#CC1CCCS(=O)(=O)NC(CCc2c(F)cccc2NC(=O)[C@@H](NC(=O)OC)[C@H](c2cncc(F)c2)c2ccc(Cl)c(F)c2)CN1. The number of amides is 2. The van der Waals surface area contributed by atoms with Gasteiger partial charge >= 0.3 is 6.09 Å². The number of terminal acetylenes is 1. The Morgan fingerprint density at radius 1 is 1.15 bits per heavy atom. The quantitative estimate of drug-likeness (QED) is 0.246. The lowest BCUT2D eigenvalue weighted by Gasteiger charge is -2.28. The summed E-state index contributed by atoms with van der Waals surface area (Å²) in [4.78, 5) is 30.3. The Bertz CT molecular complexity index is 1760. The molecule has 1 aliphatic rings. The lowest BCUT2D eigenvalue weighted by molar-refractivity contribution is -0.118. The van der Waals surface area contributed by atoms with Crippen molar-refractivity contribution in [3.8, 4) is 12.3 Å². The van der Waals surface area contributed by atoms with Gasteiger partial charge in [-0.3, -0.25) is 9.78 Å². The number of halogens is 4. The minimum absolute atomic E-state index is 0.00733. The first-order valence-corrected chi connectivity index (χ1v) is 16.6. The van der Waals surface area contributed by atoms with Gasteiger partial charge in [-0.05, 0) is 67.1 Å². The molecular weight excluding hydrogens is 659 g/mol. The number of carbonyl (C=O) groups is 2. The minimum atomic E-state index is -3.63. The zero-order valence-electron chi connectivity index (χ0n) is 25.2. The number of rotatable bonds is 9. The molecule has 0 radical (unpaired) electrons. The molecule has 2 amide bonds. The summed E-state index contributed by atoms with van der Waals surface area (Å²) in [6.07, 6.45) is 7.70. The van der Waals surface area contributed by atoms with E-state index in [-0.39, 0.29) is 58.6 Å². The highest BCUT2D eigenvalue weighted by molar-refractivity contribution is 7.89. The van der Waals surface area contributed by atoms with Gasteiger partial charge in [0.25, 0.3) is 0 Å². The van der Waals surface area contributed by atoms with E-state index in [2.05, 4.69) is 31.6 Å². The first-order chi connectivity index (χ1) is 22.4. The number of pyridine rings is 1. The summed E-state index contributed by atoms with van der Waals surface area (Å²) >= 11 is 5.88. The van der Waals surface area contributed by atoms with Crippen LogP contribution < -0.4 is 20.7 Å². The number of hydrogen-bond acceptors (Lipinski definition) is 7. The second kappa shape index (κ2) is 16.1. The Kier molecular flexibility index (Phi) is 12.2. The Morgan fingerprint density at radius 3 is 2.64 bits per heavy atom. The fraction of sp³-hybridized carbons (Fsp3) is 0.344. The number of sulfonamides is 1. The Balaban J connectivity index is 1.67. The first-order valence-electron chi connectivity index (χ1n) is 14.6. The maximum Gasteiger partial charge on any atom is 0.407 e. The smallest absolute Gasteiger partial charge is 0.407 e. The van der Waals surface area contributed by atoms with Crippen LogP contribution in [0.5, 0.6) is 0 Å². The zero-order valence-corrected chi connectivity index (χ0v) is 26.8. The van der Waals surface area contributed by atoms with Crippen LogP contribution in [0.15, 0.2) is 54.9 Å². The third-order valence-electron chi connectivity index (χ3n) is 7.65. The second-order valence-electron chi connectivity index (χ2n) is 10.9. The number of carbonyl (C=O) groups excluding carboxylic acids is 2. The van der Waals surface area contributed by atoms with Crippen LogP contribution in [0.3, 0.4) is 0 Å². The fourth-order valence-electron chi connectivity index (χ4n) is 5.35. The molecule has 3 aromatic rings. The van der Waals surface area contributed by atoms with Crippen molar-refractivity contribution >= 4 is 39.3 Å². The summed E-state index contributed by atoms with van der Waals surface area (Å²) in [7, 11) is -2.56. The van der Waals surface area contributed by atoms with E-state index < -0.39 is 57.5 Å². The highest BCUT2D eigenvalue weighted by Crippen LogP contribution is 2.32. The number of alkyl carbamates (subject to hydrolysis) is 1. The normalized spacial score (nSPS) is 19.1. The molecule has 0 spiro atoms. The van der Waals surface area contributed by atoms with E-state index in [1.807, 2.05) is 0 Å². The summed E-state index contributed by atoms with van der Waals surface area (Å²) in [5.41, 5.74) is 0.339. The molecule has 47 heavy (non-hydrogen) atoms. The van der Waals surface area contributed by atoms with Crippen LogP contribution in [0.25, 0.3) is 0 Å². The predicted octanol–water partition coefficient (Wildman–Crippen LogP) is 4.25. The molecule has 0 aliphatic carbocycles. The molecular formula is C32H33ClF3N5O5S. The zero-order chi connectivity index (χ0) is 34.1. The molecule has 2 heterocycles. The summed E-state index contributed by atoms with van der Waals surface area (Å²) in [6.45, 7) is 0.191.